The predicted octanol–water partition coefficient (Wildman–Crippen LogP) is 3.31. The molecule has 0 fully saturated rings. The predicted molar refractivity (Wildman–Crippen MR) is 74.6 cm³/mol. The number of benzene rings is 1. The number of hydrogen-bond donors (Lipinski definition) is 1. The second kappa shape index (κ2) is 5.67. The zero-order chi connectivity index (χ0) is 13.1. The van der Waals surface area contributed by atoms with E-state index in [-0.39, 0.29) is 0 Å². The molecule has 1 aromatic heterocycles. The fourth-order valence-electron chi connectivity index (χ4n) is 1.51. The smallest absolute Gasteiger partial charge is 0.356 e. The monoisotopic (exact) mass is 372 g/mol. The van der Waals surface area contributed by atoms with Crippen LogP contribution >= 0.6 is 31.9 Å². The van der Waals surface area contributed by atoms with E-state index in [9.17, 15) is 4.79 Å². The molecule has 0 unspecified atom stereocenters. The molecule has 1 aromatic carbocycles. The van der Waals surface area contributed by atoms with Crippen LogP contribution in [0, 0.1) is 0 Å². The van der Waals surface area contributed by atoms with Gasteiger partial charge in [0.2, 0.25) is 0 Å². The van der Waals surface area contributed by atoms with E-state index in [1.54, 1.807) is 0 Å². The van der Waals surface area contributed by atoms with Crippen LogP contribution in [0.15, 0.2) is 33.3 Å². The van der Waals surface area contributed by atoms with Gasteiger partial charge in [0.15, 0.2) is 0 Å². The minimum absolute atomic E-state index is 0.362. The first-order valence-corrected chi connectivity index (χ1v) is 6.75. The summed E-state index contributed by atoms with van der Waals surface area (Å²) in [5.74, 6) is 0.307. The van der Waals surface area contributed by atoms with Crippen molar-refractivity contribution in [1.29, 1.82) is 0 Å². The number of halogens is 2. The fourth-order valence-corrected chi connectivity index (χ4v) is 2.70. The Hall–Kier alpha value is -1.14. The molecule has 1 N–H and O–H groups in total. The summed E-state index contributed by atoms with van der Waals surface area (Å²) in [6.45, 7) is 0. The van der Waals surface area contributed by atoms with Crippen LogP contribution in [0.4, 0.5) is 0 Å². The lowest BCUT2D eigenvalue weighted by Gasteiger charge is -2.02. The van der Waals surface area contributed by atoms with Crippen molar-refractivity contribution in [2.45, 2.75) is 6.42 Å². The molecule has 0 atom stereocenters. The Balaban J connectivity index is 2.18. The van der Waals surface area contributed by atoms with E-state index in [4.69, 9.17) is 0 Å². The van der Waals surface area contributed by atoms with Crippen molar-refractivity contribution >= 4 is 37.8 Å². The largest absolute Gasteiger partial charge is 0.464 e. The molecular formula is C12H10Br2N2O2. The Kier molecular flexibility index (Phi) is 4.19. The lowest BCUT2D eigenvalue weighted by molar-refractivity contribution is 0.0594. The number of carbonyl (C=O) groups excluding carboxylic acids is 1. The summed E-state index contributed by atoms with van der Waals surface area (Å²) in [6.07, 6.45) is 2.10. The summed E-state index contributed by atoms with van der Waals surface area (Å²) in [5.41, 5.74) is 1.45. The van der Waals surface area contributed by atoms with Gasteiger partial charge in [-0.1, -0.05) is 37.9 Å². The maximum atomic E-state index is 11.3. The highest BCUT2D eigenvalue weighted by molar-refractivity contribution is 9.11. The second-order valence-corrected chi connectivity index (χ2v) is 5.42. The van der Waals surface area contributed by atoms with Crippen LogP contribution in [0.25, 0.3) is 0 Å². The number of imidazole rings is 1. The van der Waals surface area contributed by atoms with Crippen LogP contribution in [0.3, 0.4) is 0 Å². The Bertz CT molecular complexity index is 581. The third-order valence-corrected chi connectivity index (χ3v) is 3.64. The highest BCUT2D eigenvalue weighted by Gasteiger charge is 2.10. The van der Waals surface area contributed by atoms with E-state index in [1.807, 2.05) is 18.2 Å². The van der Waals surface area contributed by atoms with E-state index >= 15 is 0 Å². The number of rotatable bonds is 3. The average Bonchev–Trinajstić information content (AvgIpc) is 2.80. The Labute approximate surface area is 121 Å². The molecular weight excluding hydrogens is 364 g/mol. The lowest BCUT2D eigenvalue weighted by atomic mass is 10.1. The summed E-state index contributed by atoms with van der Waals surface area (Å²) in [5, 5.41) is 0. The number of H-pyrrole nitrogens is 1. The summed E-state index contributed by atoms with van der Waals surface area (Å²) < 4.78 is 6.61. The first kappa shape index (κ1) is 13.3. The van der Waals surface area contributed by atoms with Gasteiger partial charge in [0.1, 0.15) is 11.5 Å². The number of aromatic amines is 1. The Morgan fingerprint density at radius 3 is 2.89 bits per heavy atom. The van der Waals surface area contributed by atoms with Crippen LogP contribution in [-0.2, 0) is 11.2 Å². The van der Waals surface area contributed by atoms with Crippen molar-refractivity contribution in [3.63, 3.8) is 0 Å². The Morgan fingerprint density at radius 2 is 2.22 bits per heavy atom. The number of esters is 1. The van der Waals surface area contributed by atoms with Gasteiger partial charge in [-0.25, -0.2) is 9.78 Å². The van der Waals surface area contributed by atoms with E-state index in [0.717, 1.165) is 20.3 Å². The molecule has 0 spiro atoms. The van der Waals surface area contributed by atoms with E-state index in [0.29, 0.717) is 12.1 Å². The molecule has 0 bridgehead atoms. The van der Waals surface area contributed by atoms with Crippen molar-refractivity contribution in [1.82, 2.24) is 9.97 Å². The lowest BCUT2D eigenvalue weighted by Crippen LogP contribution is -2.01. The number of nitrogens with zero attached hydrogens (tertiary/aromatic N) is 1. The van der Waals surface area contributed by atoms with Crippen LogP contribution < -0.4 is 0 Å². The minimum atomic E-state index is -0.413. The van der Waals surface area contributed by atoms with E-state index < -0.39 is 5.97 Å². The van der Waals surface area contributed by atoms with Crippen molar-refractivity contribution in [2.75, 3.05) is 7.11 Å². The molecule has 4 nitrogen and oxygen atoms in total. The van der Waals surface area contributed by atoms with Crippen molar-refractivity contribution in [3.8, 4) is 0 Å². The molecule has 94 valence electrons. The van der Waals surface area contributed by atoms with E-state index in [1.165, 1.54) is 13.3 Å². The molecule has 6 heteroatoms. The third-order valence-electron chi connectivity index (χ3n) is 2.41. The third kappa shape index (κ3) is 3.00. The number of hydrogen-bond acceptors (Lipinski definition) is 3. The number of carbonyl (C=O) groups is 1. The van der Waals surface area contributed by atoms with Gasteiger partial charge < -0.3 is 9.72 Å². The molecule has 0 aliphatic heterocycles. The molecule has 0 saturated carbocycles. The van der Waals surface area contributed by atoms with Gasteiger partial charge in [0.25, 0.3) is 0 Å². The van der Waals surface area contributed by atoms with Gasteiger partial charge >= 0.3 is 5.97 Å². The topological polar surface area (TPSA) is 55.0 Å². The van der Waals surface area contributed by atoms with Crippen molar-refractivity contribution in [2.24, 2.45) is 0 Å². The Morgan fingerprint density at radius 1 is 1.44 bits per heavy atom. The normalized spacial score (nSPS) is 10.4. The maximum Gasteiger partial charge on any atom is 0.356 e. The molecule has 18 heavy (non-hydrogen) atoms. The van der Waals surface area contributed by atoms with Crippen LogP contribution in [0.1, 0.15) is 21.9 Å². The standard InChI is InChI=1S/C12H10Br2N2O2/c1-18-12(17)10-6-15-11(16-10)4-7-2-3-8(13)5-9(7)14/h2-3,5-6H,4H2,1H3,(H,15,16). The zero-order valence-corrected chi connectivity index (χ0v) is 12.7. The number of nitrogens with one attached hydrogen (secondary N) is 1. The fraction of sp³-hybridized carbons (Fsp3) is 0.167. The number of ether oxygens (including phenoxy) is 1. The molecule has 0 aliphatic carbocycles. The molecule has 1 heterocycles. The maximum absolute atomic E-state index is 11.3. The molecule has 2 aromatic rings. The van der Waals surface area contributed by atoms with Crippen LogP contribution in [0.2, 0.25) is 0 Å². The summed E-state index contributed by atoms with van der Waals surface area (Å²) in [7, 11) is 1.34. The van der Waals surface area contributed by atoms with Crippen molar-refractivity contribution in [3.05, 3.63) is 50.4 Å². The van der Waals surface area contributed by atoms with Gasteiger partial charge in [-0.15, -0.1) is 0 Å². The molecule has 0 saturated heterocycles. The van der Waals surface area contributed by atoms with Gasteiger partial charge in [-0.2, -0.15) is 0 Å². The molecule has 0 aliphatic rings. The van der Waals surface area contributed by atoms with Gasteiger partial charge in [0, 0.05) is 15.4 Å². The molecule has 0 amide bonds. The van der Waals surface area contributed by atoms with Gasteiger partial charge in [-0.05, 0) is 17.7 Å². The minimum Gasteiger partial charge on any atom is -0.464 e. The van der Waals surface area contributed by atoms with Gasteiger partial charge in [-0.3, -0.25) is 0 Å². The molecule has 2 rings (SSSR count). The number of methoxy groups -OCH3 is 1. The summed E-state index contributed by atoms with van der Waals surface area (Å²) >= 11 is 6.89. The van der Waals surface area contributed by atoms with Crippen LogP contribution in [-0.4, -0.2) is 23.0 Å². The van der Waals surface area contributed by atoms with E-state index in [2.05, 4.69) is 46.6 Å². The quantitative estimate of drug-likeness (QED) is 0.839. The molecule has 0 radical (unpaired) electrons. The first-order chi connectivity index (χ1) is 8.60. The van der Waals surface area contributed by atoms with Crippen LogP contribution in [0.5, 0.6) is 0 Å². The zero-order valence-electron chi connectivity index (χ0n) is 9.54. The first-order valence-electron chi connectivity index (χ1n) is 5.16. The highest BCUT2D eigenvalue weighted by atomic mass is 79.9. The highest BCUT2D eigenvalue weighted by Crippen LogP contribution is 2.23. The average molecular weight is 374 g/mol. The van der Waals surface area contributed by atoms with Crippen molar-refractivity contribution < 1.29 is 9.53 Å². The SMILES string of the molecule is COC(=O)c1cnc(Cc2ccc(Br)cc2Br)[nH]1. The van der Waals surface area contributed by atoms with Gasteiger partial charge in [0.05, 0.1) is 13.3 Å². The second-order valence-electron chi connectivity index (χ2n) is 3.65. The summed E-state index contributed by atoms with van der Waals surface area (Å²) in [4.78, 5) is 18.4. The summed E-state index contributed by atoms with van der Waals surface area (Å²) in [6, 6.07) is 5.93. The number of aromatic nitrogens is 2.